The molecule has 4 rings (SSSR count). The largest absolute Gasteiger partial charge is 0.467 e. The third kappa shape index (κ3) is 7.93. The Balaban J connectivity index is 1.33. The number of hydrogen-bond donors (Lipinski definition) is 1. The Morgan fingerprint density at radius 2 is 1.85 bits per heavy atom. The topological polar surface area (TPSA) is 93.5 Å². The first-order valence-electron chi connectivity index (χ1n) is 13.2. The second-order valence-corrected chi connectivity index (χ2v) is 11.3. The van der Waals surface area contributed by atoms with Crippen LogP contribution in [0, 0.1) is 5.92 Å². The minimum absolute atomic E-state index is 0.163. The van der Waals surface area contributed by atoms with Crippen LogP contribution in [0.15, 0.2) is 66.0 Å². The van der Waals surface area contributed by atoms with Gasteiger partial charge in [-0.3, -0.25) is 9.59 Å². The van der Waals surface area contributed by atoms with E-state index in [1.54, 1.807) is 23.5 Å². The first-order valence-corrected chi connectivity index (χ1v) is 15.2. The number of imidazole rings is 1. The smallest absolute Gasteiger partial charge is 0.328 e. The van der Waals surface area contributed by atoms with Crippen molar-refractivity contribution in [3.63, 3.8) is 0 Å². The van der Waals surface area contributed by atoms with Crippen molar-refractivity contribution in [2.24, 2.45) is 5.92 Å². The molecule has 1 saturated heterocycles. The highest BCUT2D eigenvalue weighted by molar-refractivity contribution is 7.98. The highest BCUT2D eigenvalue weighted by Gasteiger charge is 2.30. The van der Waals surface area contributed by atoms with Crippen molar-refractivity contribution < 1.29 is 19.1 Å². The first-order chi connectivity index (χ1) is 19.8. The quantitative estimate of drug-likeness (QED) is 0.194. The van der Waals surface area contributed by atoms with Crippen LogP contribution in [0.2, 0.25) is 10.0 Å². The molecule has 0 saturated carbocycles. The Kier molecular flexibility index (Phi) is 10.9. The summed E-state index contributed by atoms with van der Waals surface area (Å²) in [6, 6.07) is 12.8. The van der Waals surface area contributed by atoms with Crippen LogP contribution in [0.4, 0.5) is 0 Å². The van der Waals surface area contributed by atoms with E-state index in [0.29, 0.717) is 48.1 Å². The van der Waals surface area contributed by atoms with Crippen molar-refractivity contribution in [2.45, 2.75) is 36.7 Å². The van der Waals surface area contributed by atoms with Gasteiger partial charge in [0, 0.05) is 54.8 Å². The lowest BCUT2D eigenvalue weighted by Crippen LogP contribution is -2.48. The summed E-state index contributed by atoms with van der Waals surface area (Å²) >= 11 is 14.2. The molecule has 0 aliphatic carbocycles. The molecule has 1 aliphatic rings. The standard InChI is InChI=1S/C30H32Cl2N4O4S/c1-40-30(39)24(16-23-17-33-19-36(23)18-20-6-4-3-5-7-20)34-29(38)22-12-14-35(15-13-22)26(37)11-9-21-8-10-25(41-2)28(32)27(21)31/h3-11,17,19,22,24H,12-16,18H2,1-2H3,(H,34,38). The molecule has 1 aromatic heterocycles. The summed E-state index contributed by atoms with van der Waals surface area (Å²) < 4.78 is 6.94. The van der Waals surface area contributed by atoms with E-state index in [0.717, 1.165) is 16.2 Å². The van der Waals surface area contributed by atoms with Crippen molar-refractivity contribution in [3.05, 3.63) is 87.9 Å². The Morgan fingerprint density at radius 1 is 1.12 bits per heavy atom. The van der Waals surface area contributed by atoms with Gasteiger partial charge in [-0.25, -0.2) is 9.78 Å². The summed E-state index contributed by atoms with van der Waals surface area (Å²) in [5, 5.41) is 3.75. The fourth-order valence-corrected chi connectivity index (χ4v) is 5.91. The number of piperidine rings is 1. The van der Waals surface area contributed by atoms with Gasteiger partial charge in [-0.2, -0.15) is 0 Å². The minimum Gasteiger partial charge on any atom is -0.467 e. The number of rotatable bonds is 10. The number of nitrogens with zero attached hydrogens (tertiary/aromatic N) is 3. The van der Waals surface area contributed by atoms with Crippen LogP contribution in [0.5, 0.6) is 0 Å². The summed E-state index contributed by atoms with van der Waals surface area (Å²) in [7, 11) is 1.30. The number of methoxy groups -OCH3 is 1. The van der Waals surface area contributed by atoms with Crippen LogP contribution in [0.25, 0.3) is 6.08 Å². The lowest BCUT2D eigenvalue weighted by molar-refractivity contribution is -0.145. The maximum Gasteiger partial charge on any atom is 0.328 e. The summed E-state index contributed by atoms with van der Waals surface area (Å²) in [6.45, 7) is 1.45. The van der Waals surface area contributed by atoms with Crippen LogP contribution in [0.1, 0.15) is 29.7 Å². The van der Waals surface area contributed by atoms with Crippen molar-refractivity contribution in [1.29, 1.82) is 0 Å². The second kappa shape index (κ2) is 14.6. The third-order valence-electron chi connectivity index (χ3n) is 7.09. The predicted molar refractivity (Wildman–Crippen MR) is 162 cm³/mol. The Bertz CT molecular complexity index is 1400. The maximum atomic E-state index is 13.2. The predicted octanol–water partition coefficient (Wildman–Crippen LogP) is 5.11. The van der Waals surface area contributed by atoms with Gasteiger partial charge in [0.15, 0.2) is 0 Å². The number of nitrogens with one attached hydrogen (secondary N) is 1. The zero-order valence-electron chi connectivity index (χ0n) is 22.9. The molecule has 8 nitrogen and oxygen atoms in total. The Morgan fingerprint density at radius 3 is 2.54 bits per heavy atom. The number of halogens is 2. The molecule has 1 aliphatic heterocycles. The number of thioether (sulfide) groups is 1. The number of carbonyl (C=O) groups excluding carboxylic acids is 3. The number of hydrogen-bond acceptors (Lipinski definition) is 6. The van der Waals surface area contributed by atoms with Crippen molar-refractivity contribution in [2.75, 3.05) is 26.5 Å². The van der Waals surface area contributed by atoms with E-state index < -0.39 is 12.0 Å². The molecule has 2 amide bonds. The lowest BCUT2D eigenvalue weighted by Gasteiger charge is -2.31. The number of ether oxygens (including phenoxy) is 1. The molecule has 1 unspecified atom stereocenters. The molecule has 2 aromatic carbocycles. The van der Waals surface area contributed by atoms with Gasteiger partial charge in [-0.1, -0.05) is 59.6 Å². The fraction of sp³-hybridized carbons (Fsp3) is 0.333. The van der Waals surface area contributed by atoms with Gasteiger partial charge in [-0.15, -0.1) is 11.8 Å². The number of benzene rings is 2. The Hall–Kier alpha value is -3.27. The monoisotopic (exact) mass is 614 g/mol. The van der Waals surface area contributed by atoms with E-state index in [2.05, 4.69) is 10.3 Å². The fourth-order valence-electron chi connectivity index (χ4n) is 4.74. The summed E-state index contributed by atoms with van der Waals surface area (Å²) in [5.74, 6) is -1.23. The molecule has 3 aromatic rings. The van der Waals surface area contributed by atoms with Crippen LogP contribution < -0.4 is 5.32 Å². The van der Waals surface area contributed by atoms with E-state index >= 15 is 0 Å². The number of carbonyl (C=O) groups is 3. The Labute approximate surface area is 254 Å². The highest BCUT2D eigenvalue weighted by Crippen LogP contribution is 2.35. The normalized spacial score (nSPS) is 14.7. The number of likely N-dealkylation sites (tertiary alicyclic amines) is 1. The number of aromatic nitrogens is 2. The van der Waals surface area contributed by atoms with Crippen molar-refractivity contribution in [1.82, 2.24) is 19.8 Å². The number of amides is 2. The van der Waals surface area contributed by atoms with Gasteiger partial charge < -0.3 is 19.5 Å². The van der Waals surface area contributed by atoms with Gasteiger partial charge >= 0.3 is 5.97 Å². The van der Waals surface area contributed by atoms with Crippen LogP contribution in [-0.2, 0) is 32.1 Å². The molecule has 1 atom stereocenters. The van der Waals surface area contributed by atoms with E-state index in [4.69, 9.17) is 27.9 Å². The van der Waals surface area contributed by atoms with Gasteiger partial charge in [0.25, 0.3) is 0 Å². The molecule has 1 fully saturated rings. The van der Waals surface area contributed by atoms with Crippen molar-refractivity contribution in [3.8, 4) is 0 Å². The van der Waals surface area contributed by atoms with Gasteiger partial charge in [-0.05, 0) is 42.4 Å². The molecule has 41 heavy (non-hydrogen) atoms. The molecule has 216 valence electrons. The molecule has 0 bridgehead atoms. The molecule has 1 N–H and O–H groups in total. The molecule has 0 radical (unpaired) electrons. The molecule has 11 heteroatoms. The summed E-state index contributed by atoms with van der Waals surface area (Å²) in [5.41, 5.74) is 2.57. The van der Waals surface area contributed by atoms with E-state index in [9.17, 15) is 14.4 Å². The van der Waals surface area contributed by atoms with Crippen molar-refractivity contribution >= 4 is 58.8 Å². The zero-order chi connectivity index (χ0) is 29.4. The third-order valence-corrected chi connectivity index (χ3v) is 8.88. The molecular formula is C30H32Cl2N4O4S. The average Bonchev–Trinajstić information content (AvgIpc) is 3.43. The second-order valence-electron chi connectivity index (χ2n) is 9.70. The average molecular weight is 616 g/mol. The molecule has 0 spiro atoms. The number of esters is 1. The molecule has 2 heterocycles. The maximum absolute atomic E-state index is 13.2. The van der Waals surface area contributed by atoms with Crippen LogP contribution in [-0.4, -0.2) is 64.7 Å². The summed E-state index contributed by atoms with van der Waals surface area (Å²) in [6.07, 6.45) is 9.67. The zero-order valence-corrected chi connectivity index (χ0v) is 25.2. The highest BCUT2D eigenvalue weighted by atomic mass is 35.5. The minimum atomic E-state index is -0.851. The lowest BCUT2D eigenvalue weighted by atomic mass is 9.95. The molecular weight excluding hydrogens is 583 g/mol. The van der Waals surface area contributed by atoms with E-state index in [1.165, 1.54) is 24.9 Å². The van der Waals surface area contributed by atoms with Gasteiger partial charge in [0.05, 0.1) is 23.5 Å². The van der Waals surface area contributed by atoms with E-state index in [-0.39, 0.29) is 24.2 Å². The summed E-state index contributed by atoms with van der Waals surface area (Å²) in [4.78, 5) is 45.4. The van der Waals surface area contributed by atoms with Gasteiger partial charge in [0.2, 0.25) is 11.8 Å². The van der Waals surface area contributed by atoms with Crippen LogP contribution >= 0.6 is 35.0 Å². The van der Waals surface area contributed by atoms with Gasteiger partial charge in [0.1, 0.15) is 6.04 Å². The van der Waals surface area contributed by atoms with E-state index in [1.807, 2.05) is 53.3 Å². The van der Waals surface area contributed by atoms with Crippen LogP contribution in [0.3, 0.4) is 0 Å². The first kappa shape index (κ1) is 30.7. The SMILES string of the molecule is COC(=O)C(Cc1cncn1Cc1ccccc1)NC(=O)C1CCN(C(=O)C=Cc2ccc(SC)c(Cl)c2Cl)CC1.